The molecule has 0 N–H and O–H groups in total. The van der Waals surface area contributed by atoms with E-state index < -0.39 is 11.6 Å². The average molecular weight is 319 g/mol. The van der Waals surface area contributed by atoms with Gasteiger partial charge in [-0.3, -0.25) is 0 Å². The quantitative estimate of drug-likeness (QED) is 0.419. The third-order valence-corrected chi connectivity index (χ3v) is 3.44. The molecular weight excluding hydrogens is 306 g/mol. The van der Waals surface area contributed by atoms with Gasteiger partial charge >= 0.3 is 11.6 Å². The van der Waals surface area contributed by atoms with Gasteiger partial charge in [-0.25, -0.2) is 14.6 Å². The van der Waals surface area contributed by atoms with Gasteiger partial charge in [-0.1, -0.05) is 43.0 Å². The number of hydrogen-bond acceptors (Lipinski definition) is 5. The number of carbonyl (C=O) groups is 1. The lowest BCUT2D eigenvalue weighted by Crippen LogP contribution is -2.27. The van der Waals surface area contributed by atoms with Gasteiger partial charge in [-0.15, -0.1) is 0 Å². The lowest BCUT2D eigenvalue weighted by atomic mass is 10.2. The molecule has 0 bridgehead atoms. The van der Waals surface area contributed by atoms with Crippen molar-refractivity contribution in [1.82, 2.24) is 0 Å². The van der Waals surface area contributed by atoms with Crippen LogP contribution >= 0.6 is 0 Å². The Morgan fingerprint density at radius 3 is 2.54 bits per heavy atom. The first-order valence-corrected chi connectivity index (χ1v) is 7.10. The number of carbonyl (C=O) groups excluding carboxylic acids is 1. The number of para-hydroxylation sites is 1. The minimum absolute atomic E-state index is 0.0156. The van der Waals surface area contributed by atoms with Gasteiger partial charge in [0.25, 0.3) is 0 Å². The van der Waals surface area contributed by atoms with Gasteiger partial charge < -0.3 is 9.15 Å². The van der Waals surface area contributed by atoms with Crippen LogP contribution in [0.15, 0.2) is 68.8 Å². The predicted octanol–water partition coefficient (Wildman–Crippen LogP) is 1.83. The molecule has 2 aromatic carbocycles. The second kappa shape index (κ2) is 6.34. The summed E-state index contributed by atoms with van der Waals surface area (Å²) in [4.78, 5) is 28.1. The number of fused-ring (bicyclic) bond motifs is 1. The molecule has 0 aliphatic carbocycles. The Kier molecular flexibility index (Phi) is 4.07. The minimum Gasteiger partial charge on any atom is -0.422 e. The Labute approximate surface area is 136 Å². The molecule has 3 aromatic rings. The molecule has 0 aliphatic rings. The van der Waals surface area contributed by atoms with Crippen molar-refractivity contribution in [3.8, 4) is 0 Å². The van der Waals surface area contributed by atoms with E-state index in [1.807, 2.05) is 0 Å². The molecule has 1 aromatic heterocycles. The van der Waals surface area contributed by atoms with Crippen LogP contribution in [-0.4, -0.2) is 12.7 Å². The number of benzene rings is 2. The van der Waals surface area contributed by atoms with Crippen molar-refractivity contribution >= 4 is 36.1 Å². The van der Waals surface area contributed by atoms with Crippen LogP contribution in [0, 0.1) is 0 Å². The van der Waals surface area contributed by atoms with Crippen LogP contribution in [-0.2, 0) is 4.74 Å². The molecule has 0 amide bonds. The fraction of sp³-hybridized carbons (Fsp3) is 0. The van der Waals surface area contributed by atoms with Gasteiger partial charge in [-0.2, -0.15) is 0 Å². The van der Waals surface area contributed by atoms with E-state index in [1.54, 1.807) is 48.5 Å². The van der Waals surface area contributed by atoms with E-state index in [0.717, 1.165) is 0 Å². The molecule has 5 heteroatoms. The number of aliphatic imine (C=N–C) groups is 1. The van der Waals surface area contributed by atoms with E-state index in [9.17, 15) is 9.59 Å². The number of ether oxygens (including phenoxy) is 1. The van der Waals surface area contributed by atoms with Crippen molar-refractivity contribution < 1.29 is 13.9 Å². The summed E-state index contributed by atoms with van der Waals surface area (Å²) in [5, 5.41) is 1.76. The predicted molar refractivity (Wildman–Crippen MR) is 92.1 cm³/mol. The van der Waals surface area contributed by atoms with Gasteiger partial charge in [0.1, 0.15) is 11.1 Å². The van der Waals surface area contributed by atoms with E-state index in [2.05, 4.69) is 18.3 Å². The van der Waals surface area contributed by atoms with Gasteiger partial charge in [0.05, 0.1) is 0 Å². The number of esters is 1. The summed E-state index contributed by atoms with van der Waals surface area (Å²) in [5.41, 5.74) is -0.588. The SMILES string of the molecule is C=N/C(OC(=O)c1cc2ccccc2oc1=O)=c1/ccccc1=C. The van der Waals surface area contributed by atoms with Crippen molar-refractivity contribution in [2.45, 2.75) is 0 Å². The molecule has 0 atom stereocenters. The monoisotopic (exact) mass is 319 g/mol. The summed E-state index contributed by atoms with van der Waals surface area (Å²) in [7, 11) is 0. The highest BCUT2D eigenvalue weighted by atomic mass is 16.5. The van der Waals surface area contributed by atoms with Crippen LogP contribution in [0.1, 0.15) is 10.4 Å². The first-order valence-electron chi connectivity index (χ1n) is 7.10. The molecular formula is C19H13NO4. The molecule has 0 radical (unpaired) electrons. The minimum atomic E-state index is -0.861. The molecule has 0 saturated carbocycles. The average Bonchev–Trinajstić information content (AvgIpc) is 2.59. The highest BCUT2D eigenvalue weighted by Gasteiger charge is 2.17. The van der Waals surface area contributed by atoms with Crippen LogP contribution in [0.5, 0.6) is 0 Å². The Morgan fingerprint density at radius 1 is 1.08 bits per heavy atom. The lowest BCUT2D eigenvalue weighted by molar-refractivity contribution is 0.0680. The Hall–Kier alpha value is -3.47. The summed E-state index contributed by atoms with van der Waals surface area (Å²) < 4.78 is 10.4. The third-order valence-electron chi connectivity index (χ3n) is 3.44. The smallest absolute Gasteiger partial charge is 0.352 e. The molecule has 0 unspecified atom stereocenters. The van der Waals surface area contributed by atoms with Gasteiger partial charge in [0.15, 0.2) is 0 Å². The zero-order valence-corrected chi connectivity index (χ0v) is 12.7. The van der Waals surface area contributed by atoms with Crippen LogP contribution in [0.2, 0.25) is 0 Å². The number of hydrogen-bond donors (Lipinski definition) is 0. The molecule has 0 saturated heterocycles. The molecule has 3 rings (SSSR count). The van der Waals surface area contributed by atoms with Crippen LogP contribution in [0.25, 0.3) is 23.4 Å². The highest BCUT2D eigenvalue weighted by Crippen LogP contribution is 2.14. The van der Waals surface area contributed by atoms with E-state index in [-0.39, 0.29) is 11.4 Å². The second-order valence-electron chi connectivity index (χ2n) is 5.00. The van der Waals surface area contributed by atoms with Crippen molar-refractivity contribution in [2.24, 2.45) is 4.99 Å². The maximum absolute atomic E-state index is 12.4. The van der Waals surface area contributed by atoms with Crippen molar-refractivity contribution in [3.63, 3.8) is 0 Å². The zero-order valence-electron chi connectivity index (χ0n) is 12.7. The number of nitrogens with zero attached hydrogens (tertiary/aromatic N) is 1. The summed E-state index contributed by atoms with van der Waals surface area (Å²) in [5.74, 6) is -0.877. The summed E-state index contributed by atoms with van der Waals surface area (Å²) in [6.45, 7) is 7.25. The van der Waals surface area contributed by atoms with Crippen LogP contribution in [0.4, 0.5) is 0 Å². The molecule has 118 valence electrons. The summed E-state index contributed by atoms with van der Waals surface area (Å²) >= 11 is 0. The molecule has 5 nitrogen and oxygen atoms in total. The topological polar surface area (TPSA) is 68.9 Å². The van der Waals surface area contributed by atoms with E-state index in [4.69, 9.17) is 9.15 Å². The third kappa shape index (κ3) is 2.87. The molecule has 24 heavy (non-hydrogen) atoms. The molecule has 0 aliphatic heterocycles. The van der Waals surface area contributed by atoms with E-state index in [0.29, 0.717) is 21.4 Å². The van der Waals surface area contributed by atoms with Gasteiger partial charge in [0.2, 0.25) is 5.88 Å². The van der Waals surface area contributed by atoms with Gasteiger partial charge in [-0.05, 0) is 30.1 Å². The zero-order chi connectivity index (χ0) is 17.1. The second-order valence-corrected chi connectivity index (χ2v) is 5.00. The van der Waals surface area contributed by atoms with Crippen LogP contribution in [0.3, 0.4) is 0 Å². The number of rotatable bonds is 3. The van der Waals surface area contributed by atoms with Crippen molar-refractivity contribution in [2.75, 3.05) is 0 Å². The fourth-order valence-corrected chi connectivity index (χ4v) is 2.25. The maximum atomic E-state index is 12.4. The van der Waals surface area contributed by atoms with E-state index >= 15 is 0 Å². The van der Waals surface area contributed by atoms with E-state index in [1.165, 1.54) is 6.07 Å². The largest absolute Gasteiger partial charge is 0.422 e. The summed E-state index contributed by atoms with van der Waals surface area (Å²) in [6, 6.07) is 15.3. The molecule has 0 fully saturated rings. The molecule has 0 spiro atoms. The molecule has 1 heterocycles. The Balaban J connectivity index is 2.07. The Bertz CT molecular complexity index is 1110. The first-order chi connectivity index (χ1) is 11.6. The fourth-order valence-electron chi connectivity index (χ4n) is 2.25. The lowest BCUT2D eigenvalue weighted by Gasteiger charge is -2.04. The standard InChI is InChI=1S/C19H13NO4/c1-12-7-3-5-9-14(12)17(20-2)24-19(22)15-11-13-8-4-6-10-16(13)23-18(15)21/h3-11H,1-2H2/b17-14+. The van der Waals surface area contributed by atoms with Crippen molar-refractivity contribution in [1.29, 1.82) is 0 Å². The normalized spacial score (nSPS) is 11.8. The maximum Gasteiger partial charge on any atom is 0.352 e. The summed E-state index contributed by atoms with van der Waals surface area (Å²) in [6.07, 6.45) is 0. The highest BCUT2D eigenvalue weighted by molar-refractivity contribution is 5.94. The van der Waals surface area contributed by atoms with Crippen LogP contribution < -0.4 is 16.1 Å². The Morgan fingerprint density at radius 2 is 1.79 bits per heavy atom. The van der Waals surface area contributed by atoms with Crippen molar-refractivity contribution in [3.05, 3.63) is 81.0 Å². The first kappa shape index (κ1) is 15.4. The van der Waals surface area contributed by atoms with Gasteiger partial charge in [0, 0.05) is 10.6 Å².